The highest BCUT2D eigenvalue weighted by Gasteiger charge is 2.19. The number of anilines is 1. The van der Waals surface area contributed by atoms with Gasteiger partial charge >= 0.3 is 0 Å². The first-order valence-corrected chi connectivity index (χ1v) is 9.32. The Bertz CT molecular complexity index is 1010. The van der Waals surface area contributed by atoms with E-state index in [1.807, 2.05) is 40.8 Å². The lowest BCUT2D eigenvalue weighted by molar-refractivity contribution is 0.0780. The van der Waals surface area contributed by atoms with Crippen molar-refractivity contribution < 1.29 is 13.9 Å². The standard InChI is InChI=1S/C21H23FN4O2/c1-24(14-20-23-18-5-3-4-6-19(18)25(20)2)21(27)15-11-16(22)13-17(12-15)26-7-9-28-10-8-26/h3-6,11-13H,7-10,14H2,1-2H3. The molecule has 7 heteroatoms. The van der Waals surface area contributed by atoms with Crippen LogP contribution in [-0.4, -0.2) is 53.7 Å². The molecule has 0 radical (unpaired) electrons. The number of hydrogen-bond acceptors (Lipinski definition) is 4. The van der Waals surface area contributed by atoms with Gasteiger partial charge in [-0.3, -0.25) is 4.79 Å². The van der Waals surface area contributed by atoms with Gasteiger partial charge in [0.2, 0.25) is 0 Å². The third kappa shape index (κ3) is 3.57. The Morgan fingerprint density at radius 3 is 2.71 bits per heavy atom. The number of nitrogens with zero attached hydrogens (tertiary/aromatic N) is 4. The highest BCUT2D eigenvalue weighted by Crippen LogP contribution is 2.22. The lowest BCUT2D eigenvalue weighted by Gasteiger charge is -2.29. The van der Waals surface area contributed by atoms with E-state index in [1.54, 1.807) is 18.0 Å². The van der Waals surface area contributed by atoms with E-state index < -0.39 is 5.82 Å². The molecule has 2 heterocycles. The molecule has 0 bridgehead atoms. The third-order valence-electron chi connectivity index (χ3n) is 5.11. The van der Waals surface area contributed by atoms with E-state index in [9.17, 15) is 9.18 Å². The van der Waals surface area contributed by atoms with Crippen LogP contribution in [0.1, 0.15) is 16.2 Å². The summed E-state index contributed by atoms with van der Waals surface area (Å²) in [6, 6.07) is 12.3. The number of benzene rings is 2. The zero-order chi connectivity index (χ0) is 19.7. The second kappa shape index (κ2) is 7.59. The number of imidazole rings is 1. The van der Waals surface area contributed by atoms with Crippen LogP contribution in [0.2, 0.25) is 0 Å². The summed E-state index contributed by atoms with van der Waals surface area (Å²) >= 11 is 0. The van der Waals surface area contributed by atoms with Gasteiger partial charge in [0.25, 0.3) is 5.91 Å². The summed E-state index contributed by atoms with van der Waals surface area (Å²) in [5, 5.41) is 0. The minimum Gasteiger partial charge on any atom is -0.378 e. The van der Waals surface area contributed by atoms with Crippen LogP contribution in [-0.2, 0) is 18.3 Å². The molecule has 4 rings (SSSR count). The maximum absolute atomic E-state index is 14.2. The highest BCUT2D eigenvalue weighted by molar-refractivity contribution is 5.95. The quantitative estimate of drug-likeness (QED) is 0.696. The molecule has 0 aliphatic carbocycles. The second-order valence-corrected chi connectivity index (χ2v) is 7.03. The van der Waals surface area contributed by atoms with Gasteiger partial charge in [-0.2, -0.15) is 0 Å². The van der Waals surface area contributed by atoms with E-state index in [2.05, 4.69) is 4.98 Å². The molecule has 1 aliphatic rings. The molecule has 3 aromatic rings. The Hall–Kier alpha value is -2.93. The minimum atomic E-state index is -0.413. The second-order valence-electron chi connectivity index (χ2n) is 7.03. The predicted molar refractivity (Wildman–Crippen MR) is 106 cm³/mol. The van der Waals surface area contributed by atoms with Crippen LogP contribution >= 0.6 is 0 Å². The van der Waals surface area contributed by atoms with Crippen LogP contribution in [0, 0.1) is 5.82 Å². The summed E-state index contributed by atoms with van der Waals surface area (Å²) in [6.07, 6.45) is 0. The van der Waals surface area contributed by atoms with Gasteiger partial charge in [0.05, 0.1) is 30.8 Å². The van der Waals surface area contributed by atoms with Crippen LogP contribution in [0.15, 0.2) is 42.5 Å². The number of carbonyl (C=O) groups is 1. The zero-order valence-corrected chi connectivity index (χ0v) is 16.1. The minimum absolute atomic E-state index is 0.235. The first-order chi connectivity index (χ1) is 13.5. The van der Waals surface area contributed by atoms with Gasteiger partial charge in [0, 0.05) is 38.4 Å². The Balaban J connectivity index is 1.56. The van der Waals surface area contributed by atoms with Crippen LogP contribution in [0.5, 0.6) is 0 Å². The van der Waals surface area contributed by atoms with Crippen molar-refractivity contribution >= 4 is 22.6 Å². The maximum Gasteiger partial charge on any atom is 0.254 e. The molecule has 0 spiro atoms. The lowest BCUT2D eigenvalue weighted by Crippen LogP contribution is -2.36. The monoisotopic (exact) mass is 382 g/mol. The fraction of sp³-hybridized carbons (Fsp3) is 0.333. The Morgan fingerprint density at radius 2 is 1.96 bits per heavy atom. The largest absolute Gasteiger partial charge is 0.378 e. The van der Waals surface area contributed by atoms with Gasteiger partial charge in [0.15, 0.2) is 0 Å². The number of aromatic nitrogens is 2. The zero-order valence-electron chi connectivity index (χ0n) is 16.1. The molecule has 1 amide bonds. The van der Waals surface area contributed by atoms with Crippen LogP contribution < -0.4 is 4.90 Å². The lowest BCUT2D eigenvalue weighted by atomic mass is 10.1. The molecule has 0 unspecified atom stereocenters. The van der Waals surface area contributed by atoms with E-state index in [4.69, 9.17) is 4.74 Å². The van der Waals surface area contributed by atoms with E-state index in [-0.39, 0.29) is 5.91 Å². The van der Waals surface area contributed by atoms with Crippen molar-refractivity contribution in [1.29, 1.82) is 0 Å². The Morgan fingerprint density at radius 1 is 1.21 bits per heavy atom. The Labute approximate surface area is 163 Å². The molecular weight excluding hydrogens is 359 g/mol. The summed E-state index contributed by atoms with van der Waals surface area (Å²) in [7, 11) is 3.64. The third-order valence-corrected chi connectivity index (χ3v) is 5.11. The van der Waals surface area contributed by atoms with Crippen molar-refractivity contribution in [2.24, 2.45) is 7.05 Å². The van der Waals surface area contributed by atoms with Crippen LogP contribution in [0.3, 0.4) is 0 Å². The summed E-state index contributed by atoms with van der Waals surface area (Å²) in [4.78, 5) is 21.2. The SMILES string of the molecule is CN(Cc1nc2ccccc2n1C)C(=O)c1cc(F)cc(N2CCOCC2)c1. The molecule has 146 valence electrons. The topological polar surface area (TPSA) is 50.6 Å². The van der Waals surface area contributed by atoms with E-state index in [0.29, 0.717) is 44.1 Å². The molecule has 0 N–H and O–H groups in total. The van der Waals surface area contributed by atoms with Crippen molar-refractivity contribution in [2.75, 3.05) is 38.3 Å². The van der Waals surface area contributed by atoms with Crippen molar-refractivity contribution in [3.63, 3.8) is 0 Å². The van der Waals surface area contributed by atoms with Gasteiger partial charge in [-0.25, -0.2) is 9.37 Å². The summed E-state index contributed by atoms with van der Waals surface area (Å²) in [6.45, 7) is 2.92. The molecule has 1 fully saturated rings. The maximum atomic E-state index is 14.2. The number of amides is 1. The number of aryl methyl sites for hydroxylation is 1. The van der Waals surface area contributed by atoms with Crippen LogP contribution in [0.25, 0.3) is 11.0 Å². The molecule has 2 aromatic carbocycles. The average molecular weight is 382 g/mol. The fourth-order valence-electron chi connectivity index (χ4n) is 3.54. The average Bonchev–Trinajstić information content (AvgIpc) is 3.03. The Kier molecular flexibility index (Phi) is 5.00. The summed E-state index contributed by atoms with van der Waals surface area (Å²) in [5.74, 6) is 0.131. The van der Waals surface area contributed by atoms with Crippen molar-refractivity contribution in [3.8, 4) is 0 Å². The molecule has 0 atom stereocenters. The predicted octanol–water partition coefficient (Wildman–Crippen LogP) is 2.82. The van der Waals surface area contributed by atoms with Crippen molar-refractivity contribution in [1.82, 2.24) is 14.5 Å². The number of para-hydroxylation sites is 2. The molecule has 28 heavy (non-hydrogen) atoms. The van der Waals surface area contributed by atoms with E-state index in [1.165, 1.54) is 12.1 Å². The molecule has 1 aromatic heterocycles. The normalized spacial score (nSPS) is 14.5. The van der Waals surface area contributed by atoms with Crippen molar-refractivity contribution in [2.45, 2.75) is 6.54 Å². The van der Waals surface area contributed by atoms with Gasteiger partial charge in [0.1, 0.15) is 11.6 Å². The highest BCUT2D eigenvalue weighted by atomic mass is 19.1. The van der Waals surface area contributed by atoms with Crippen molar-refractivity contribution in [3.05, 3.63) is 59.7 Å². The molecule has 1 aliphatic heterocycles. The molecule has 6 nitrogen and oxygen atoms in total. The first-order valence-electron chi connectivity index (χ1n) is 9.32. The van der Waals surface area contributed by atoms with Gasteiger partial charge in [-0.1, -0.05) is 12.1 Å². The van der Waals surface area contributed by atoms with E-state index >= 15 is 0 Å². The van der Waals surface area contributed by atoms with E-state index in [0.717, 1.165) is 16.9 Å². The molecule has 1 saturated heterocycles. The summed E-state index contributed by atoms with van der Waals surface area (Å²) < 4.78 is 21.5. The number of hydrogen-bond donors (Lipinski definition) is 0. The number of fused-ring (bicyclic) bond motifs is 1. The smallest absolute Gasteiger partial charge is 0.254 e. The number of halogens is 1. The van der Waals surface area contributed by atoms with Gasteiger partial charge in [-0.05, 0) is 30.3 Å². The number of morpholine rings is 1. The van der Waals surface area contributed by atoms with Crippen LogP contribution in [0.4, 0.5) is 10.1 Å². The first kappa shape index (κ1) is 18.4. The number of rotatable bonds is 4. The number of carbonyl (C=O) groups excluding carboxylic acids is 1. The van der Waals surface area contributed by atoms with Gasteiger partial charge < -0.3 is 19.1 Å². The summed E-state index contributed by atoms with van der Waals surface area (Å²) in [5.41, 5.74) is 2.95. The molecule has 0 saturated carbocycles. The number of ether oxygens (including phenoxy) is 1. The molecular formula is C21H23FN4O2. The fourth-order valence-corrected chi connectivity index (χ4v) is 3.54. The van der Waals surface area contributed by atoms with Gasteiger partial charge in [-0.15, -0.1) is 0 Å².